The number of carbonyl (C=O) groups excluding carboxylic acids is 3. The zero-order valence-electron chi connectivity index (χ0n) is 22.5. The van der Waals surface area contributed by atoms with Gasteiger partial charge in [0.15, 0.2) is 0 Å². The fourth-order valence-corrected chi connectivity index (χ4v) is 4.94. The Balaban J connectivity index is 2.70. The molecular formula is C29H48O6. The van der Waals surface area contributed by atoms with Gasteiger partial charge in [0, 0.05) is 26.2 Å². The number of allylic oxidation sites excluding steroid dienone is 3. The Morgan fingerprint density at radius 2 is 1.54 bits per heavy atom. The van der Waals surface area contributed by atoms with Gasteiger partial charge in [-0.2, -0.15) is 0 Å². The third kappa shape index (κ3) is 14.8. The van der Waals surface area contributed by atoms with Crippen LogP contribution in [0.3, 0.4) is 0 Å². The highest BCUT2D eigenvalue weighted by atomic mass is 16.5. The van der Waals surface area contributed by atoms with Crippen LogP contribution in [0.2, 0.25) is 0 Å². The molecule has 1 aliphatic rings. The van der Waals surface area contributed by atoms with Crippen LogP contribution < -0.4 is 0 Å². The Bertz CT molecular complexity index is 668. The highest BCUT2D eigenvalue weighted by molar-refractivity contribution is 5.69. The maximum Gasteiger partial charge on any atom is 0.305 e. The monoisotopic (exact) mass is 492 g/mol. The minimum Gasteiger partial charge on any atom is -0.469 e. The molecule has 1 saturated carbocycles. The topological polar surface area (TPSA) is 78.9 Å². The van der Waals surface area contributed by atoms with Crippen molar-refractivity contribution in [2.45, 2.75) is 123 Å². The first-order chi connectivity index (χ1) is 16.9. The van der Waals surface area contributed by atoms with Crippen molar-refractivity contribution in [3.8, 4) is 0 Å². The lowest BCUT2D eigenvalue weighted by molar-refractivity contribution is -0.151. The Morgan fingerprint density at radius 1 is 0.857 bits per heavy atom. The molecule has 1 aliphatic carbocycles. The average molecular weight is 493 g/mol. The van der Waals surface area contributed by atoms with Crippen molar-refractivity contribution in [1.82, 2.24) is 0 Å². The number of unbranched alkanes of at least 4 members (excludes halogenated alkanes) is 5. The van der Waals surface area contributed by atoms with Gasteiger partial charge in [-0.05, 0) is 50.5 Å². The number of methoxy groups -OCH3 is 1. The Labute approximate surface area is 212 Å². The van der Waals surface area contributed by atoms with Gasteiger partial charge >= 0.3 is 17.9 Å². The van der Waals surface area contributed by atoms with Crippen LogP contribution in [-0.4, -0.2) is 37.2 Å². The van der Waals surface area contributed by atoms with E-state index in [0.29, 0.717) is 25.2 Å². The van der Waals surface area contributed by atoms with Crippen molar-refractivity contribution < 1.29 is 28.6 Å². The van der Waals surface area contributed by atoms with Gasteiger partial charge < -0.3 is 14.2 Å². The van der Waals surface area contributed by atoms with Crippen molar-refractivity contribution in [3.05, 3.63) is 24.3 Å². The van der Waals surface area contributed by atoms with E-state index < -0.39 is 0 Å². The van der Waals surface area contributed by atoms with Crippen molar-refractivity contribution in [3.63, 3.8) is 0 Å². The summed E-state index contributed by atoms with van der Waals surface area (Å²) in [5.74, 6) is -0.220. The molecule has 0 radical (unpaired) electrons. The van der Waals surface area contributed by atoms with E-state index in [4.69, 9.17) is 14.2 Å². The smallest absolute Gasteiger partial charge is 0.305 e. The molecule has 4 atom stereocenters. The van der Waals surface area contributed by atoms with E-state index in [1.165, 1.54) is 53.1 Å². The lowest BCUT2D eigenvalue weighted by Gasteiger charge is -2.35. The lowest BCUT2D eigenvalue weighted by atomic mass is 9.75. The van der Waals surface area contributed by atoms with Gasteiger partial charge in [0.25, 0.3) is 0 Å². The highest BCUT2D eigenvalue weighted by Gasteiger charge is 2.32. The van der Waals surface area contributed by atoms with Gasteiger partial charge in [-0.25, -0.2) is 0 Å². The first kappa shape index (κ1) is 30.9. The maximum absolute atomic E-state index is 11.8. The minimum absolute atomic E-state index is 0.197. The number of ether oxygens (including phenoxy) is 3. The number of hydrogen-bond donors (Lipinski definition) is 0. The van der Waals surface area contributed by atoms with E-state index in [-0.39, 0.29) is 36.0 Å². The molecule has 0 amide bonds. The summed E-state index contributed by atoms with van der Waals surface area (Å²) in [6.45, 7) is 5.12. The molecule has 0 aromatic carbocycles. The molecule has 0 heterocycles. The predicted octanol–water partition coefficient (Wildman–Crippen LogP) is 6.86. The maximum atomic E-state index is 11.8. The van der Waals surface area contributed by atoms with Crippen molar-refractivity contribution in [1.29, 1.82) is 0 Å². The third-order valence-corrected chi connectivity index (χ3v) is 6.72. The van der Waals surface area contributed by atoms with Crippen LogP contribution in [0.5, 0.6) is 0 Å². The second kappa shape index (κ2) is 19.1. The highest BCUT2D eigenvalue weighted by Crippen LogP contribution is 2.36. The van der Waals surface area contributed by atoms with E-state index in [9.17, 15) is 14.4 Å². The van der Waals surface area contributed by atoms with Crippen LogP contribution >= 0.6 is 0 Å². The van der Waals surface area contributed by atoms with E-state index in [1.807, 2.05) is 18.2 Å². The number of rotatable bonds is 17. The molecular weight excluding hydrogens is 444 g/mol. The molecule has 0 aromatic rings. The Morgan fingerprint density at radius 3 is 2.23 bits per heavy atom. The summed E-state index contributed by atoms with van der Waals surface area (Å²) in [5.41, 5.74) is 0. The van der Waals surface area contributed by atoms with Crippen LogP contribution in [0.25, 0.3) is 0 Å². The number of carbonyl (C=O) groups is 3. The van der Waals surface area contributed by atoms with Crippen LogP contribution in [-0.2, 0) is 28.6 Å². The van der Waals surface area contributed by atoms with E-state index in [1.54, 1.807) is 0 Å². The van der Waals surface area contributed by atoms with Crippen molar-refractivity contribution in [2.75, 3.05) is 7.11 Å². The SMILES string of the molecule is CCCCCCCCC(/C=C/C=C/[C@@H]1CCCC[C@H]1C(CCCC(=O)OC)OC(C)=O)OC(C)=O. The van der Waals surface area contributed by atoms with Gasteiger partial charge in [-0.3, -0.25) is 14.4 Å². The van der Waals surface area contributed by atoms with Crippen molar-refractivity contribution in [2.24, 2.45) is 11.8 Å². The Hall–Kier alpha value is -2.11. The molecule has 2 unspecified atom stereocenters. The van der Waals surface area contributed by atoms with Crippen LogP contribution in [0.4, 0.5) is 0 Å². The first-order valence-corrected chi connectivity index (χ1v) is 13.6. The first-order valence-electron chi connectivity index (χ1n) is 13.6. The second-order valence-corrected chi connectivity index (χ2v) is 9.70. The largest absolute Gasteiger partial charge is 0.469 e. The molecule has 35 heavy (non-hydrogen) atoms. The summed E-state index contributed by atoms with van der Waals surface area (Å²) in [6, 6.07) is 0. The molecule has 0 spiro atoms. The quantitative estimate of drug-likeness (QED) is 0.0955. The number of hydrogen-bond acceptors (Lipinski definition) is 6. The number of esters is 3. The Kier molecular flexibility index (Phi) is 16.9. The normalized spacial score (nSPS) is 20.0. The zero-order chi connectivity index (χ0) is 25.9. The summed E-state index contributed by atoms with van der Waals surface area (Å²) in [6.07, 6.45) is 21.8. The molecule has 0 saturated heterocycles. The molecule has 0 aromatic heterocycles. The summed E-state index contributed by atoms with van der Waals surface area (Å²) >= 11 is 0. The summed E-state index contributed by atoms with van der Waals surface area (Å²) in [7, 11) is 1.39. The molecule has 6 nitrogen and oxygen atoms in total. The standard InChI is InChI=1S/C29H48O6/c1-5-6-7-8-9-10-18-26(34-23(2)30)19-13-11-16-25-17-12-14-20-27(25)28(35-24(3)31)21-15-22-29(32)33-4/h11,13,16,19,25-28H,5-10,12,14-15,17-18,20-22H2,1-4H3/b16-11+,19-13+/t25-,26?,27-,28?/m1/s1. The summed E-state index contributed by atoms with van der Waals surface area (Å²) in [5, 5.41) is 0. The third-order valence-electron chi connectivity index (χ3n) is 6.72. The molecule has 0 aliphatic heterocycles. The van der Waals surface area contributed by atoms with Gasteiger partial charge in [0.1, 0.15) is 12.2 Å². The molecule has 200 valence electrons. The lowest BCUT2D eigenvalue weighted by Crippen LogP contribution is -2.33. The molecule has 0 N–H and O–H groups in total. The van der Waals surface area contributed by atoms with E-state index in [2.05, 4.69) is 13.0 Å². The van der Waals surface area contributed by atoms with E-state index >= 15 is 0 Å². The predicted molar refractivity (Wildman–Crippen MR) is 139 cm³/mol. The average Bonchev–Trinajstić information content (AvgIpc) is 2.82. The molecule has 0 bridgehead atoms. The van der Waals surface area contributed by atoms with Gasteiger partial charge in [-0.15, -0.1) is 0 Å². The second-order valence-electron chi connectivity index (χ2n) is 9.70. The van der Waals surface area contributed by atoms with Crippen LogP contribution in [0.15, 0.2) is 24.3 Å². The molecule has 1 fully saturated rings. The van der Waals surface area contributed by atoms with Gasteiger partial charge in [0.05, 0.1) is 7.11 Å². The van der Waals surface area contributed by atoms with E-state index in [0.717, 1.165) is 38.5 Å². The summed E-state index contributed by atoms with van der Waals surface area (Å²) < 4.78 is 15.9. The fraction of sp³-hybridized carbons (Fsp3) is 0.759. The minimum atomic E-state index is -0.278. The van der Waals surface area contributed by atoms with Crippen LogP contribution in [0.1, 0.15) is 111 Å². The zero-order valence-corrected chi connectivity index (χ0v) is 22.5. The molecule has 1 rings (SSSR count). The fourth-order valence-electron chi connectivity index (χ4n) is 4.94. The van der Waals surface area contributed by atoms with Crippen molar-refractivity contribution >= 4 is 17.9 Å². The van der Waals surface area contributed by atoms with Crippen LogP contribution in [0, 0.1) is 11.8 Å². The van der Waals surface area contributed by atoms with Gasteiger partial charge in [-0.1, -0.05) is 70.1 Å². The van der Waals surface area contributed by atoms with Gasteiger partial charge in [0.2, 0.25) is 0 Å². The molecule has 6 heteroatoms. The summed E-state index contributed by atoms with van der Waals surface area (Å²) in [4.78, 5) is 34.8.